The molecule has 0 aliphatic heterocycles. The van der Waals surface area contributed by atoms with Crippen LogP contribution >= 0.6 is 0 Å². The van der Waals surface area contributed by atoms with Gasteiger partial charge in [0.2, 0.25) is 0 Å². The first-order valence-corrected chi connectivity index (χ1v) is 7.68. The number of hydrogen-bond donors (Lipinski definition) is 1. The number of hydrogen-bond acceptors (Lipinski definition) is 2. The number of carbonyl (C=O) groups excluding carboxylic acids is 1. The summed E-state index contributed by atoms with van der Waals surface area (Å²) in [7, 11) is 4.11. The summed E-state index contributed by atoms with van der Waals surface area (Å²) in [5, 5.41) is 2.96. The summed E-state index contributed by atoms with van der Waals surface area (Å²) in [6, 6.07) is 16.1. The van der Waals surface area contributed by atoms with Crippen LogP contribution in [0.15, 0.2) is 48.5 Å². The van der Waals surface area contributed by atoms with E-state index < -0.39 is 0 Å². The number of nitrogens with one attached hydrogen (secondary N) is 1. The molecule has 0 radical (unpaired) electrons. The molecule has 0 aliphatic carbocycles. The standard InChI is InChI=1S/C19H24N2O/c1-4-15-9-11-18(12-10-15)19(22)20-13-16-5-7-17(8-6-16)14-21(2)3/h5-12H,4,13-14H2,1-3H3,(H,20,22). The number of amides is 1. The molecule has 0 bridgehead atoms. The normalized spacial score (nSPS) is 10.7. The van der Waals surface area contributed by atoms with Crippen molar-refractivity contribution in [2.75, 3.05) is 14.1 Å². The van der Waals surface area contributed by atoms with Gasteiger partial charge in [0.25, 0.3) is 5.91 Å². The Bertz CT molecular complexity index is 600. The van der Waals surface area contributed by atoms with Gasteiger partial charge in [-0.25, -0.2) is 0 Å². The van der Waals surface area contributed by atoms with E-state index in [0.717, 1.165) is 18.5 Å². The molecule has 0 saturated carbocycles. The maximum atomic E-state index is 12.1. The van der Waals surface area contributed by atoms with Crippen molar-refractivity contribution < 1.29 is 4.79 Å². The van der Waals surface area contributed by atoms with E-state index in [9.17, 15) is 4.79 Å². The van der Waals surface area contributed by atoms with Gasteiger partial charge in [-0.1, -0.05) is 43.3 Å². The summed E-state index contributed by atoms with van der Waals surface area (Å²) in [6.45, 7) is 3.59. The third kappa shape index (κ3) is 4.71. The Labute approximate surface area is 133 Å². The third-order valence-electron chi connectivity index (χ3n) is 3.60. The first-order chi connectivity index (χ1) is 10.6. The minimum absolute atomic E-state index is 0.0278. The van der Waals surface area contributed by atoms with Crippen LogP contribution in [0.25, 0.3) is 0 Å². The maximum Gasteiger partial charge on any atom is 0.251 e. The summed E-state index contributed by atoms with van der Waals surface area (Å²) < 4.78 is 0. The van der Waals surface area contributed by atoms with Crippen LogP contribution in [0.3, 0.4) is 0 Å². The van der Waals surface area contributed by atoms with E-state index in [4.69, 9.17) is 0 Å². The molecular formula is C19H24N2O. The lowest BCUT2D eigenvalue weighted by Crippen LogP contribution is -2.22. The van der Waals surface area contributed by atoms with E-state index in [1.165, 1.54) is 11.1 Å². The van der Waals surface area contributed by atoms with Crippen molar-refractivity contribution in [1.29, 1.82) is 0 Å². The highest BCUT2D eigenvalue weighted by atomic mass is 16.1. The second kappa shape index (κ2) is 7.76. The summed E-state index contributed by atoms with van der Waals surface area (Å²) >= 11 is 0. The molecule has 2 aromatic rings. The first kappa shape index (κ1) is 16.2. The van der Waals surface area contributed by atoms with Crippen molar-refractivity contribution in [3.63, 3.8) is 0 Å². The predicted molar refractivity (Wildman–Crippen MR) is 90.8 cm³/mol. The van der Waals surface area contributed by atoms with E-state index in [1.807, 2.05) is 24.3 Å². The highest BCUT2D eigenvalue weighted by Gasteiger charge is 2.05. The SMILES string of the molecule is CCc1ccc(C(=O)NCc2ccc(CN(C)C)cc2)cc1. The molecule has 0 aliphatic rings. The summed E-state index contributed by atoms with van der Waals surface area (Å²) in [4.78, 5) is 14.2. The van der Waals surface area contributed by atoms with Gasteiger partial charge in [-0.05, 0) is 49.3 Å². The Hall–Kier alpha value is -2.13. The smallest absolute Gasteiger partial charge is 0.251 e. The molecule has 0 aromatic heterocycles. The van der Waals surface area contributed by atoms with Crippen LogP contribution in [-0.2, 0) is 19.5 Å². The Kier molecular flexibility index (Phi) is 5.73. The minimum atomic E-state index is -0.0278. The number of carbonyl (C=O) groups is 1. The molecule has 2 aromatic carbocycles. The Morgan fingerprint density at radius 3 is 2.00 bits per heavy atom. The van der Waals surface area contributed by atoms with Crippen molar-refractivity contribution in [2.45, 2.75) is 26.4 Å². The largest absolute Gasteiger partial charge is 0.348 e. The van der Waals surface area contributed by atoms with Gasteiger partial charge in [-0.15, -0.1) is 0 Å². The van der Waals surface area contributed by atoms with E-state index in [2.05, 4.69) is 55.5 Å². The lowest BCUT2D eigenvalue weighted by molar-refractivity contribution is 0.0951. The second-order valence-electron chi connectivity index (χ2n) is 5.79. The van der Waals surface area contributed by atoms with Crippen LogP contribution in [0.1, 0.15) is 34.0 Å². The summed E-state index contributed by atoms with van der Waals surface area (Å²) in [6.07, 6.45) is 0.987. The molecule has 3 nitrogen and oxygen atoms in total. The van der Waals surface area contributed by atoms with Gasteiger partial charge in [-0.3, -0.25) is 4.79 Å². The van der Waals surface area contributed by atoms with Gasteiger partial charge in [0.05, 0.1) is 0 Å². The van der Waals surface area contributed by atoms with Crippen molar-refractivity contribution >= 4 is 5.91 Å². The fourth-order valence-electron chi connectivity index (χ4n) is 2.30. The third-order valence-corrected chi connectivity index (χ3v) is 3.60. The van der Waals surface area contributed by atoms with Crippen molar-refractivity contribution in [3.05, 3.63) is 70.8 Å². The predicted octanol–water partition coefficient (Wildman–Crippen LogP) is 3.24. The fourth-order valence-corrected chi connectivity index (χ4v) is 2.30. The van der Waals surface area contributed by atoms with Gasteiger partial charge >= 0.3 is 0 Å². The average Bonchev–Trinajstić information content (AvgIpc) is 2.53. The van der Waals surface area contributed by atoms with Crippen molar-refractivity contribution in [2.24, 2.45) is 0 Å². The zero-order valence-electron chi connectivity index (χ0n) is 13.6. The van der Waals surface area contributed by atoms with E-state index in [0.29, 0.717) is 12.1 Å². The molecule has 0 fully saturated rings. The van der Waals surface area contributed by atoms with Gasteiger partial charge in [-0.2, -0.15) is 0 Å². The Morgan fingerprint density at radius 1 is 0.909 bits per heavy atom. The molecule has 0 unspecified atom stereocenters. The average molecular weight is 296 g/mol. The highest BCUT2D eigenvalue weighted by Crippen LogP contribution is 2.08. The molecule has 116 valence electrons. The Balaban J connectivity index is 1.90. The fraction of sp³-hybridized carbons (Fsp3) is 0.316. The molecular weight excluding hydrogens is 272 g/mol. The first-order valence-electron chi connectivity index (χ1n) is 7.68. The number of benzene rings is 2. The van der Waals surface area contributed by atoms with Gasteiger partial charge in [0.15, 0.2) is 0 Å². The van der Waals surface area contributed by atoms with Gasteiger partial charge < -0.3 is 10.2 Å². The number of aryl methyl sites for hydroxylation is 1. The van der Waals surface area contributed by atoms with Crippen LogP contribution in [0.5, 0.6) is 0 Å². The van der Waals surface area contributed by atoms with Crippen molar-refractivity contribution in [1.82, 2.24) is 10.2 Å². The van der Waals surface area contributed by atoms with Crippen molar-refractivity contribution in [3.8, 4) is 0 Å². The zero-order chi connectivity index (χ0) is 15.9. The van der Waals surface area contributed by atoms with Crippen LogP contribution in [0.4, 0.5) is 0 Å². The van der Waals surface area contributed by atoms with Crippen LogP contribution in [0.2, 0.25) is 0 Å². The Morgan fingerprint density at radius 2 is 1.45 bits per heavy atom. The van der Waals surface area contributed by atoms with Gasteiger partial charge in [0, 0.05) is 18.7 Å². The van der Waals surface area contributed by atoms with Crippen LogP contribution in [-0.4, -0.2) is 24.9 Å². The number of nitrogens with zero attached hydrogens (tertiary/aromatic N) is 1. The van der Waals surface area contributed by atoms with E-state index in [1.54, 1.807) is 0 Å². The molecule has 2 rings (SSSR count). The molecule has 0 atom stereocenters. The van der Waals surface area contributed by atoms with Gasteiger partial charge in [0.1, 0.15) is 0 Å². The second-order valence-corrected chi connectivity index (χ2v) is 5.79. The maximum absolute atomic E-state index is 12.1. The molecule has 0 heterocycles. The molecule has 0 spiro atoms. The topological polar surface area (TPSA) is 32.3 Å². The lowest BCUT2D eigenvalue weighted by atomic mass is 10.1. The lowest BCUT2D eigenvalue weighted by Gasteiger charge is -2.10. The molecule has 1 amide bonds. The summed E-state index contributed by atoms with van der Waals surface area (Å²) in [5.74, 6) is -0.0278. The molecule has 0 saturated heterocycles. The van der Waals surface area contributed by atoms with Crippen LogP contribution < -0.4 is 5.32 Å². The zero-order valence-corrected chi connectivity index (χ0v) is 13.6. The van der Waals surface area contributed by atoms with Crippen LogP contribution in [0, 0.1) is 0 Å². The molecule has 1 N–H and O–H groups in total. The molecule has 22 heavy (non-hydrogen) atoms. The number of rotatable bonds is 6. The van der Waals surface area contributed by atoms with E-state index in [-0.39, 0.29) is 5.91 Å². The van der Waals surface area contributed by atoms with E-state index >= 15 is 0 Å². The summed E-state index contributed by atoms with van der Waals surface area (Å²) in [5.41, 5.74) is 4.34. The highest BCUT2D eigenvalue weighted by molar-refractivity contribution is 5.94. The quantitative estimate of drug-likeness (QED) is 0.887. The minimum Gasteiger partial charge on any atom is -0.348 e. The molecule has 3 heteroatoms. The monoisotopic (exact) mass is 296 g/mol.